The number of aliphatic hydroxyl groups excluding tert-OH is 6. The largest absolute Gasteiger partial charge is 0.412 e. The van der Waals surface area contributed by atoms with Gasteiger partial charge in [0.15, 0.2) is 0 Å². The number of hydrogen-bond donors (Lipinski definition) is 6. The SMILES string of the molecule is O.OC[C@@H](O)[C@@H](O)[C@H](O)[C@@H](O)CO.[Fe]. The molecule has 0 aliphatic carbocycles. The fraction of sp³-hybridized carbons (Fsp3) is 1.00. The minimum Gasteiger partial charge on any atom is -0.412 e. The van der Waals surface area contributed by atoms with E-state index < -0.39 is 37.6 Å². The molecule has 0 fully saturated rings. The van der Waals surface area contributed by atoms with Gasteiger partial charge in [0.05, 0.1) is 13.2 Å². The van der Waals surface area contributed by atoms with Crippen LogP contribution in [-0.2, 0) is 17.1 Å². The first-order chi connectivity index (χ1) is 5.54. The minimum atomic E-state index is -1.67. The predicted octanol–water partition coefficient (Wildman–Crippen LogP) is -4.41. The second kappa shape index (κ2) is 9.78. The molecule has 0 aromatic rings. The minimum absolute atomic E-state index is 0. The zero-order valence-corrected chi connectivity index (χ0v) is 8.36. The summed E-state index contributed by atoms with van der Waals surface area (Å²) in [5, 5.41) is 52.2. The van der Waals surface area contributed by atoms with Gasteiger partial charge in [0.2, 0.25) is 0 Å². The van der Waals surface area contributed by atoms with Crippen molar-refractivity contribution < 1.29 is 53.2 Å². The quantitative estimate of drug-likeness (QED) is 0.273. The Hall–Kier alpha value is 0.239. The van der Waals surface area contributed by atoms with Gasteiger partial charge >= 0.3 is 0 Å². The standard InChI is InChI=1S/C6H14O6.Fe.H2O/c7-1-3(9)5(11)6(12)4(10)2-8;;/h3-12H,1-2H2;;1H2/t3-,4+,5-,6-;;/m1../s1. The molecule has 4 atom stereocenters. The van der Waals surface area contributed by atoms with Crippen LogP contribution in [0.25, 0.3) is 0 Å². The number of rotatable bonds is 5. The van der Waals surface area contributed by atoms with Crippen molar-refractivity contribution >= 4 is 0 Å². The van der Waals surface area contributed by atoms with Crippen molar-refractivity contribution in [3.8, 4) is 0 Å². The summed E-state index contributed by atoms with van der Waals surface area (Å²) in [6.45, 7) is -1.45. The summed E-state index contributed by atoms with van der Waals surface area (Å²) >= 11 is 0. The van der Waals surface area contributed by atoms with Crippen LogP contribution in [0.15, 0.2) is 0 Å². The van der Waals surface area contributed by atoms with E-state index in [1.165, 1.54) is 0 Å². The second-order valence-corrected chi connectivity index (χ2v) is 2.48. The van der Waals surface area contributed by atoms with E-state index >= 15 is 0 Å². The van der Waals surface area contributed by atoms with E-state index in [-0.39, 0.29) is 22.5 Å². The maximum atomic E-state index is 8.96. The van der Waals surface area contributed by atoms with Gasteiger partial charge in [-0.15, -0.1) is 0 Å². The molecule has 0 aromatic carbocycles. The summed E-state index contributed by atoms with van der Waals surface area (Å²) in [5.74, 6) is 0. The first-order valence-corrected chi connectivity index (χ1v) is 3.48. The van der Waals surface area contributed by atoms with E-state index in [2.05, 4.69) is 0 Å². The van der Waals surface area contributed by atoms with Crippen LogP contribution in [-0.4, -0.2) is 73.7 Å². The molecule has 0 unspecified atom stereocenters. The first-order valence-electron chi connectivity index (χ1n) is 3.48. The maximum Gasteiger partial charge on any atom is 0.111 e. The van der Waals surface area contributed by atoms with Gasteiger partial charge in [-0.1, -0.05) is 0 Å². The summed E-state index contributed by atoms with van der Waals surface area (Å²) in [5.41, 5.74) is 0. The molecule has 0 saturated heterocycles. The second-order valence-electron chi connectivity index (χ2n) is 2.48. The van der Waals surface area contributed by atoms with Crippen LogP contribution in [0, 0.1) is 0 Å². The van der Waals surface area contributed by atoms with Crippen LogP contribution in [0.2, 0.25) is 0 Å². The molecule has 0 aliphatic heterocycles. The van der Waals surface area contributed by atoms with Crippen molar-refractivity contribution in [3.05, 3.63) is 0 Å². The third-order valence-corrected chi connectivity index (χ3v) is 1.51. The summed E-state index contributed by atoms with van der Waals surface area (Å²) in [4.78, 5) is 0. The maximum absolute atomic E-state index is 8.96. The van der Waals surface area contributed by atoms with Crippen LogP contribution >= 0.6 is 0 Å². The Balaban J connectivity index is -0.000000605. The van der Waals surface area contributed by atoms with E-state index in [1.54, 1.807) is 0 Å². The van der Waals surface area contributed by atoms with Gasteiger partial charge in [-0.25, -0.2) is 0 Å². The smallest absolute Gasteiger partial charge is 0.111 e. The summed E-state index contributed by atoms with van der Waals surface area (Å²) in [6.07, 6.45) is -6.39. The molecular weight excluding hydrogens is 240 g/mol. The van der Waals surface area contributed by atoms with Crippen LogP contribution in [0.4, 0.5) is 0 Å². The molecule has 0 heterocycles. The Kier molecular flexibility index (Phi) is 13.8. The van der Waals surface area contributed by atoms with Gasteiger partial charge in [0, 0.05) is 17.1 Å². The van der Waals surface area contributed by atoms with Crippen molar-refractivity contribution in [3.63, 3.8) is 0 Å². The molecule has 0 amide bonds. The van der Waals surface area contributed by atoms with Gasteiger partial charge < -0.3 is 36.1 Å². The Labute approximate surface area is 91.4 Å². The number of hydrogen-bond acceptors (Lipinski definition) is 6. The summed E-state index contributed by atoms with van der Waals surface area (Å²) in [6, 6.07) is 0. The topological polar surface area (TPSA) is 153 Å². The van der Waals surface area contributed by atoms with Crippen LogP contribution in [0.1, 0.15) is 0 Å². The third-order valence-electron chi connectivity index (χ3n) is 1.51. The average molecular weight is 256 g/mol. The molecule has 0 bridgehead atoms. The first kappa shape index (κ1) is 19.8. The predicted molar refractivity (Wildman–Crippen MR) is 41.8 cm³/mol. The van der Waals surface area contributed by atoms with Crippen molar-refractivity contribution in [2.75, 3.05) is 13.2 Å². The van der Waals surface area contributed by atoms with Crippen LogP contribution in [0.5, 0.6) is 0 Å². The summed E-state index contributed by atoms with van der Waals surface area (Å²) < 4.78 is 0. The molecule has 14 heavy (non-hydrogen) atoms. The zero-order valence-electron chi connectivity index (χ0n) is 7.26. The molecule has 8 heteroatoms. The molecule has 7 nitrogen and oxygen atoms in total. The normalized spacial score (nSPS) is 18.4. The molecule has 8 N–H and O–H groups in total. The third kappa shape index (κ3) is 5.86. The molecule has 0 aromatic heterocycles. The molecule has 0 aliphatic rings. The van der Waals surface area contributed by atoms with Gasteiger partial charge in [0.25, 0.3) is 0 Å². The molecule has 0 saturated carbocycles. The monoisotopic (exact) mass is 256 g/mol. The van der Waals surface area contributed by atoms with Crippen molar-refractivity contribution in [2.45, 2.75) is 24.4 Å². The van der Waals surface area contributed by atoms with Gasteiger partial charge in [0.1, 0.15) is 24.4 Å². The molecular formula is C6H16FeO7. The molecule has 0 rings (SSSR count). The fourth-order valence-electron chi connectivity index (χ4n) is 0.671. The fourth-order valence-corrected chi connectivity index (χ4v) is 0.671. The van der Waals surface area contributed by atoms with Crippen molar-refractivity contribution in [1.82, 2.24) is 0 Å². The average Bonchev–Trinajstić information content (AvgIpc) is 2.12. The Morgan fingerprint density at radius 1 is 0.714 bits per heavy atom. The zero-order chi connectivity index (χ0) is 9.72. The van der Waals surface area contributed by atoms with Crippen molar-refractivity contribution in [1.29, 1.82) is 0 Å². The van der Waals surface area contributed by atoms with E-state index in [4.69, 9.17) is 30.6 Å². The van der Waals surface area contributed by atoms with Gasteiger partial charge in [-0.05, 0) is 0 Å². The van der Waals surface area contributed by atoms with Crippen molar-refractivity contribution in [2.24, 2.45) is 0 Å². The Bertz CT molecular complexity index is 111. The van der Waals surface area contributed by atoms with Gasteiger partial charge in [-0.3, -0.25) is 0 Å². The van der Waals surface area contributed by atoms with Crippen LogP contribution in [0.3, 0.4) is 0 Å². The summed E-state index contributed by atoms with van der Waals surface area (Å²) in [7, 11) is 0. The van der Waals surface area contributed by atoms with E-state index in [0.717, 1.165) is 0 Å². The van der Waals surface area contributed by atoms with Gasteiger partial charge in [-0.2, -0.15) is 0 Å². The Morgan fingerprint density at radius 3 is 1.07 bits per heavy atom. The molecule has 90 valence electrons. The number of aliphatic hydroxyl groups is 6. The van der Waals surface area contributed by atoms with E-state index in [9.17, 15) is 0 Å². The van der Waals surface area contributed by atoms with Crippen LogP contribution < -0.4 is 0 Å². The Morgan fingerprint density at radius 2 is 0.929 bits per heavy atom. The molecule has 0 spiro atoms. The molecule has 0 radical (unpaired) electrons. The van der Waals surface area contributed by atoms with E-state index in [1.807, 2.05) is 0 Å². The van der Waals surface area contributed by atoms with E-state index in [0.29, 0.717) is 0 Å².